The highest BCUT2D eigenvalue weighted by Crippen LogP contribution is 2.52. The average Bonchev–Trinajstić information content (AvgIpc) is 3.65. The zero-order valence-corrected chi connectivity index (χ0v) is 22.2. The first-order valence-electron chi connectivity index (χ1n) is 13.7. The van der Waals surface area contributed by atoms with Crippen LogP contribution in [0.25, 0.3) is 69.3 Å². The van der Waals surface area contributed by atoms with Gasteiger partial charge in [0.2, 0.25) is 0 Å². The quantitative estimate of drug-likeness (QED) is 0.226. The first kappa shape index (κ1) is 21.0. The number of thiophene rings is 1. The summed E-state index contributed by atoms with van der Waals surface area (Å²) in [7, 11) is 0. The summed E-state index contributed by atoms with van der Waals surface area (Å²) in [4.78, 5) is 5.23. The van der Waals surface area contributed by atoms with E-state index in [1.54, 1.807) is 0 Å². The molecular formula is C36H21N3S. The van der Waals surface area contributed by atoms with Crippen molar-refractivity contribution >= 4 is 86.7 Å². The second kappa shape index (κ2) is 7.38. The summed E-state index contributed by atoms with van der Waals surface area (Å²) in [6.45, 7) is 0. The lowest BCUT2D eigenvalue weighted by Gasteiger charge is -2.23. The van der Waals surface area contributed by atoms with Gasteiger partial charge in [-0.05, 0) is 52.2 Å². The van der Waals surface area contributed by atoms with Gasteiger partial charge < -0.3 is 5.32 Å². The highest BCUT2D eigenvalue weighted by atomic mass is 32.1. The molecule has 4 heterocycles. The normalized spacial score (nSPS) is 16.4. The molecule has 10 rings (SSSR count). The highest BCUT2D eigenvalue weighted by molar-refractivity contribution is 7.26. The standard InChI is InChI=1S/C36H21N3S/c1-2-10-22-20(8-1)9-7-12-23(22)21-16-17-30-26(18-21)32-34-27(19-25-24-11-3-6-15-31(24)40-35(25)32)33-36(39(30)34)38-29-14-5-4-13-28(29)37-33/h1-19,29,38H. The third-order valence-corrected chi connectivity index (χ3v) is 9.91. The summed E-state index contributed by atoms with van der Waals surface area (Å²) in [5.41, 5.74) is 7.11. The molecule has 40 heavy (non-hydrogen) atoms. The second-order valence-electron chi connectivity index (χ2n) is 10.8. The third kappa shape index (κ3) is 2.57. The second-order valence-corrected chi connectivity index (χ2v) is 11.9. The third-order valence-electron chi connectivity index (χ3n) is 8.71. The first-order chi connectivity index (χ1) is 19.8. The van der Waals surface area contributed by atoms with Crippen LogP contribution in [0.5, 0.6) is 0 Å². The average molecular weight is 528 g/mol. The van der Waals surface area contributed by atoms with Gasteiger partial charge in [-0.1, -0.05) is 85.0 Å². The van der Waals surface area contributed by atoms with E-state index in [1.165, 1.54) is 69.3 Å². The Bertz CT molecular complexity index is 2460. The molecule has 1 aliphatic carbocycles. The number of nitrogens with zero attached hydrogens (tertiary/aromatic N) is 2. The Morgan fingerprint density at radius 1 is 0.750 bits per heavy atom. The van der Waals surface area contributed by atoms with Gasteiger partial charge in [0, 0.05) is 36.3 Å². The Balaban J connectivity index is 1.39. The molecule has 4 heteroatoms. The SMILES string of the molecule is C1=CC2=Nc3c(n4c5ccc(-c6cccc7ccccc67)cc5c5c6sc7ccccc7c6cc3c54)NC2C=C1. The lowest BCUT2D eigenvalue weighted by atomic mass is 9.96. The molecule has 0 saturated heterocycles. The number of aromatic nitrogens is 1. The molecule has 0 saturated carbocycles. The van der Waals surface area contributed by atoms with Crippen molar-refractivity contribution in [2.45, 2.75) is 6.04 Å². The molecule has 8 aromatic rings. The van der Waals surface area contributed by atoms with Gasteiger partial charge >= 0.3 is 0 Å². The Morgan fingerprint density at radius 2 is 1.62 bits per heavy atom. The molecule has 2 aliphatic rings. The molecule has 0 amide bonds. The van der Waals surface area contributed by atoms with Crippen molar-refractivity contribution in [1.29, 1.82) is 0 Å². The van der Waals surface area contributed by atoms with Crippen LogP contribution in [0.4, 0.5) is 11.5 Å². The number of aliphatic imine (C=N–C) groups is 1. The molecule has 3 nitrogen and oxygen atoms in total. The number of nitrogens with one attached hydrogen (secondary N) is 1. The summed E-state index contributed by atoms with van der Waals surface area (Å²) in [5, 5.41) is 12.8. The molecule has 1 unspecified atom stereocenters. The lowest BCUT2D eigenvalue weighted by molar-refractivity contribution is 1.09. The van der Waals surface area contributed by atoms with Gasteiger partial charge in [-0.3, -0.25) is 4.40 Å². The molecule has 3 aromatic heterocycles. The minimum Gasteiger partial charge on any atom is -0.357 e. The molecule has 0 spiro atoms. The van der Waals surface area contributed by atoms with Crippen molar-refractivity contribution in [2.75, 3.05) is 5.32 Å². The van der Waals surface area contributed by atoms with Gasteiger partial charge in [-0.2, -0.15) is 0 Å². The number of hydrogen-bond donors (Lipinski definition) is 1. The molecule has 1 aliphatic heterocycles. The van der Waals surface area contributed by atoms with Crippen molar-refractivity contribution in [2.24, 2.45) is 4.99 Å². The van der Waals surface area contributed by atoms with E-state index in [1.807, 2.05) is 11.3 Å². The van der Waals surface area contributed by atoms with Crippen molar-refractivity contribution in [3.05, 3.63) is 115 Å². The van der Waals surface area contributed by atoms with Gasteiger partial charge in [0.25, 0.3) is 0 Å². The Labute approximate surface area is 233 Å². The van der Waals surface area contributed by atoms with Crippen LogP contribution in [0.2, 0.25) is 0 Å². The minimum atomic E-state index is 0.0856. The summed E-state index contributed by atoms with van der Waals surface area (Å²) < 4.78 is 5.10. The number of benzene rings is 5. The predicted molar refractivity (Wildman–Crippen MR) is 172 cm³/mol. The number of rotatable bonds is 1. The van der Waals surface area contributed by atoms with Crippen LogP contribution in [0, 0.1) is 0 Å². The largest absolute Gasteiger partial charge is 0.357 e. The minimum absolute atomic E-state index is 0.0856. The molecule has 5 aromatic carbocycles. The van der Waals surface area contributed by atoms with E-state index in [2.05, 4.69) is 125 Å². The van der Waals surface area contributed by atoms with E-state index >= 15 is 0 Å². The van der Waals surface area contributed by atoms with Gasteiger partial charge in [0.05, 0.1) is 22.8 Å². The van der Waals surface area contributed by atoms with E-state index in [0.717, 1.165) is 17.2 Å². The van der Waals surface area contributed by atoms with E-state index in [0.29, 0.717) is 0 Å². The fourth-order valence-corrected chi connectivity index (χ4v) is 8.20. The summed E-state index contributed by atoms with van der Waals surface area (Å²) in [6, 6.07) is 33.6. The van der Waals surface area contributed by atoms with Crippen LogP contribution in [0.15, 0.2) is 120 Å². The molecule has 1 atom stereocenters. The summed E-state index contributed by atoms with van der Waals surface area (Å²) >= 11 is 1.90. The van der Waals surface area contributed by atoms with Crippen LogP contribution in [0.3, 0.4) is 0 Å². The topological polar surface area (TPSA) is 28.8 Å². The van der Waals surface area contributed by atoms with Crippen molar-refractivity contribution in [3.8, 4) is 11.1 Å². The van der Waals surface area contributed by atoms with Gasteiger partial charge in [-0.15, -0.1) is 11.3 Å². The van der Waals surface area contributed by atoms with Crippen LogP contribution >= 0.6 is 11.3 Å². The maximum absolute atomic E-state index is 5.23. The zero-order chi connectivity index (χ0) is 25.9. The smallest absolute Gasteiger partial charge is 0.138 e. The molecule has 0 bridgehead atoms. The van der Waals surface area contributed by atoms with Crippen LogP contribution in [0.1, 0.15) is 0 Å². The number of fused-ring (bicyclic) bond motifs is 12. The summed E-state index contributed by atoms with van der Waals surface area (Å²) in [5.74, 6) is 1.09. The monoisotopic (exact) mass is 527 g/mol. The van der Waals surface area contributed by atoms with Crippen LogP contribution < -0.4 is 5.32 Å². The molecule has 1 N–H and O–H groups in total. The maximum Gasteiger partial charge on any atom is 0.138 e. The van der Waals surface area contributed by atoms with Crippen molar-refractivity contribution < 1.29 is 0 Å². The molecule has 186 valence electrons. The molecule has 0 fully saturated rings. The fraction of sp³-hybridized carbons (Fsp3) is 0.0278. The highest BCUT2D eigenvalue weighted by Gasteiger charge is 2.30. The van der Waals surface area contributed by atoms with E-state index in [-0.39, 0.29) is 6.04 Å². The van der Waals surface area contributed by atoms with E-state index in [4.69, 9.17) is 4.99 Å². The van der Waals surface area contributed by atoms with Crippen LogP contribution in [-0.4, -0.2) is 16.2 Å². The van der Waals surface area contributed by atoms with Crippen LogP contribution in [-0.2, 0) is 0 Å². The first-order valence-corrected chi connectivity index (χ1v) is 14.5. The molecular weight excluding hydrogens is 506 g/mol. The van der Waals surface area contributed by atoms with Crippen molar-refractivity contribution in [3.63, 3.8) is 0 Å². The Morgan fingerprint density at radius 3 is 2.60 bits per heavy atom. The fourth-order valence-electron chi connectivity index (χ4n) is 6.96. The number of allylic oxidation sites excluding steroid dienone is 2. The Kier molecular flexibility index (Phi) is 3.87. The van der Waals surface area contributed by atoms with Gasteiger partial charge in [-0.25, -0.2) is 4.99 Å². The van der Waals surface area contributed by atoms with E-state index in [9.17, 15) is 0 Å². The molecule has 0 radical (unpaired) electrons. The number of anilines is 1. The number of hydrogen-bond acceptors (Lipinski definition) is 3. The zero-order valence-electron chi connectivity index (χ0n) is 21.3. The summed E-state index contributed by atoms with van der Waals surface area (Å²) in [6.07, 6.45) is 8.50. The van der Waals surface area contributed by atoms with Crippen molar-refractivity contribution in [1.82, 2.24) is 4.40 Å². The van der Waals surface area contributed by atoms with Gasteiger partial charge in [0.15, 0.2) is 0 Å². The lowest BCUT2D eigenvalue weighted by Crippen LogP contribution is -2.30. The Hall–Kier alpha value is -4.93. The maximum atomic E-state index is 5.23. The predicted octanol–water partition coefficient (Wildman–Crippen LogP) is 9.86. The van der Waals surface area contributed by atoms with E-state index < -0.39 is 0 Å². The van der Waals surface area contributed by atoms with Gasteiger partial charge in [0.1, 0.15) is 11.5 Å².